The van der Waals surface area contributed by atoms with Gasteiger partial charge < -0.3 is 15.4 Å². The maximum atomic E-state index is 11.8. The molecule has 4 nitrogen and oxygen atoms in total. The number of halogens is 2. The summed E-state index contributed by atoms with van der Waals surface area (Å²) >= 11 is 5.82. The van der Waals surface area contributed by atoms with Crippen LogP contribution in [0.25, 0.3) is 0 Å². The average Bonchev–Trinajstić information content (AvgIpc) is 2.46. The topological polar surface area (TPSA) is 50.4 Å². The number of benzene rings is 1. The van der Waals surface area contributed by atoms with Gasteiger partial charge in [-0.25, -0.2) is 0 Å². The molecule has 20 heavy (non-hydrogen) atoms. The van der Waals surface area contributed by atoms with E-state index in [1.54, 1.807) is 0 Å². The van der Waals surface area contributed by atoms with Gasteiger partial charge in [-0.1, -0.05) is 23.7 Å². The molecule has 1 fully saturated rings. The fraction of sp³-hybridized carbons (Fsp3) is 0.500. The fourth-order valence-electron chi connectivity index (χ4n) is 2.01. The Balaban J connectivity index is 0.00000200. The summed E-state index contributed by atoms with van der Waals surface area (Å²) < 4.78 is 5.25. The lowest BCUT2D eigenvalue weighted by Gasteiger charge is -2.22. The molecule has 112 valence electrons. The van der Waals surface area contributed by atoms with Crippen LogP contribution in [0.15, 0.2) is 24.3 Å². The molecule has 0 saturated carbocycles. The van der Waals surface area contributed by atoms with Crippen molar-refractivity contribution in [3.05, 3.63) is 34.9 Å². The first-order chi connectivity index (χ1) is 9.25. The average molecular weight is 319 g/mol. The monoisotopic (exact) mass is 318 g/mol. The van der Waals surface area contributed by atoms with Crippen LogP contribution in [-0.2, 0) is 16.0 Å². The van der Waals surface area contributed by atoms with Crippen LogP contribution in [0.3, 0.4) is 0 Å². The molecule has 1 amide bonds. The van der Waals surface area contributed by atoms with Crippen LogP contribution >= 0.6 is 24.0 Å². The van der Waals surface area contributed by atoms with Crippen LogP contribution in [-0.4, -0.2) is 38.3 Å². The second-order valence-corrected chi connectivity index (χ2v) is 5.04. The van der Waals surface area contributed by atoms with Gasteiger partial charge in [0, 0.05) is 18.1 Å². The molecule has 0 radical (unpaired) electrons. The van der Waals surface area contributed by atoms with Crippen LogP contribution in [0.2, 0.25) is 5.02 Å². The lowest BCUT2D eigenvalue weighted by molar-refractivity contribution is -0.125. The number of rotatable bonds is 5. The summed E-state index contributed by atoms with van der Waals surface area (Å²) in [5.74, 6) is 0.0239. The summed E-state index contributed by atoms with van der Waals surface area (Å²) in [6, 6.07) is 7.60. The van der Waals surface area contributed by atoms with Crippen molar-refractivity contribution in [2.24, 2.45) is 0 Å². The number of carbonyl (C=O) groups excluding carboxylic acids is 1. The molecule has 1 aliphatic rings. The molecule has 1 aromatic carbocycles. The van der Waals surface area contributed by atoms with Crippen molar-refractivity contribution in [1.29, 1.82) is 0 Å². The van der Waals surface area contributed by atoms with Crippen molar-refractivity contribution in [1.82, 2.24) is 10.6 Å². The highest BCUT2D eigenvalue weighted by Gasteiger charge is 2.20. The number of nitrogens with one attached hydrogen (secondary N) is 2. The smallest absolute Gasteiger partial charge is 0.239 e. The quantitative estimate of drug-likeness (QED) is 0.814. The number of aryl methyl sites for hydroxylation is 1. The lowest BCUT2D eigenvalue weighted by Crippen LogP contribution is -2.51. The van der Waals surface area contributed by atoms with E-state index in [4.69, 9.17) is 16.3 Å². The van der Waals surface area contributed by atoms with Gasteiger partial charge in [0.05, 0.1) is 13.2 Å². The Labute approximate surface area is 130 Å². The van der Waals surface area contributed by atoms with Crippen LogP contribution < -0.4 is 10.6 Å². The third-order valence-electron chi connectivity index (χ3n) is 3.09. The minimum atomic E-state index is -0.204. The largest absolute Gasteiger partial charge is 0.378 e. The van der Waals surface area contributed by atoms with Crippen molar-refractivity contribution in [3.8, 4) is 0 Å². The molecule has 1 aliphatic heterocycles. The van der Waals surface area contributed by atoms with E-state index >= 15 is 0 Å². The Morgan fingerprint density at radius 1 is 1.40 bits per heavy atom. The van der Waals surface area contributed by atoms with Gasteiger partial charge in [0.1, 0.15) is 6.04 Å². The lowest BCUT2D eigenvalue weighted by atomic mass is 10.1. The fourth-order valence-corrected chi connectivity index (χ4v) is 2.14. The summed E-state index contributed by atoms with van der Waals surface area (Å²) in [6.45, 7) is 2.56. The minimum Gasteiger partial charge on any atom is -0.378 e. The van der Waals surface area contributed by atoms with E-state index in [2.05, 4.69) is 10.6 Å². The van der Waals surface area contributed by atoms with Crippen LogP contribution in [0, 0.1) is 0 Å². The van der Waals surface area contributed by atoms with Crippen molar-refractivity contribution >= 4 is 29.9 Å². The normalized spacial score (nSPS) is 18.1. The van der Waals surface area contributed by atoms with E-state index in [1.807, 2.05) is 24.3 Å². The summed E-state index contributed by atoms with van der Waals surface area (Å²) in [4.78, 5) is 11.8. The van der Waals surface area contributed by atoms with E-state index in [0.717, 1.165) is 24.4 Å². The summed E-state index contributed by atoms with van der Waals surface area (Å²) in [6.07, 6.45) is 1.85. The third-order valence-corrected chi connectivity index (χ3v) is 3.34. The molecular formula is C14H20Cl2N2O2. The second-order valence-electron chi connectivity index (χ2n) is 4.60. The molecule has 0 aliphatic carbocycles. The molecule has 1 aromatic rings. The molecule has 2 N–H and O–H groups in total. The van der Waals surface area contributed by atoms with Gasteiger partial charge in [-0.15, -0.1) is 12.4 Å². The predicted octanol–water partition coefficient (Wildman–Crippen LogP) is 1.80. The molecule has 1 atom stereocenters. The van der Waals surface area contributed by atoms with Crippen LogP contribution in [0.5, 0.6) is 0 Å². The molecule has 1 unspecified atom stereocenters. The highest BCUT2D eigenvalue weighted by molar-refractivity contribution is 6.30. The van der Waals surface area contributed by atoms with E-state index < -0.39 is 0 Å². The molecule has 0 aromatic heterocycles. The molecule has 2 rings (SSSR count). The van der Waals surface area contributed by atoms with Crippen molar-refractivity contribution in [2.45, 2.75) is 18.9 Å². The first kappa shape index (κ1) is 17.2. The maximum Gasteiger partial charge on any atom is 0.239 e. The zero-order chi connectivity index (χ0) is 13.5. The Morgan fingerprint density at radius 2 is 2.15 bits per heavy atom. The molecule has 6 heteroatoms. The van der Waals surface area contributed by atoms with Gasteiger partial charge in [0.15, 0.2) is 0 Å². The van der Waals surface area contributed by atoms with E-state index in [1.165, 1.54) is 5.56 Å². The van der Waals surface area contributed by atoms with Gasteiger partial charge >= 0.3 is 0 Å². The van der Waals surface area contributed by atoms with Gasteiger partial charge in [-0.3, -0.25) is 4.79 Å². The molecule has 0 bridgehead atoms. The van der Waals surface area contributed by atoms with E-state index in [9.17, 15) is 4.79 Å². The Morgan fingerprint density at radius 3 is 2.80 bits per heavy atom. The molecule has 0 spiro atoms. The first-order valence-corrected chi connectivity index (χ1v) is 6.97. The van der Waals surface area contributed by atoms with Gasteiger partial charge in [0.25, 0.3) is 0 Å². The highest BCUT2D eigenvalue weighted by atomic mass is 35.5. The van der Waals surface area contributed by atoms with Crippen molar-refractivity contribution in [3.63, 3.8) is 0 Å². The molecule has 1 heterocycles. The van der Waals surface area contributed by atoms with Crippen molar-refractivity contribution in [2.75, 3.05) is 26.3 Å². The SMILES string of the molecule is Cl.O=C(NCCCc1ccc(Cl)cc1)C1COCCN1. The highest BCUT2D eigenvalue weighted by Crippen LogP contribution is 2.10. The molecular weight excluding hydrogens is 299 g/mol. The summed E-state index contributed by atoms with van der Waals surface area (Å²) in [5, 5.41) is 6.81. The predicted molar refractivity (Wildman–Crippen MR) is 82.6 cm³/mol. The van der Waals surface area contributed by atoms with E-state index in [0.29, 0.717) is 19.8 Å². The number of hydrogen-bond acceptors (Lipinski definition) is 3. The Bertz CT molecular complexity index is 406. The van der Waals surface area contributed by atoms with Gasteiger partial charge in [0.2, 0.25) is 5.91 Å². The third kappa shape index (κ3) is 5.67. The number of amides is 1. The van der Waals surface area contributed by atoms with Crippen molar-refractivity contribution < 1.29 is 9.53 Å². The molecule has 1 saturated heterocycles. The maximum absolute atomic E-state index is 11.8. The first-order valence-electron chi connectivity index (χ1n) is 6.59. The minimum absolute atomic E-state index is 0. The van der Waals surface area contributed by atoms with Gasteiger partial charge in [-0.2, -0.15) is 0 Å². The van der Waals surface area contributed by atoms with Crippen LogP contribution in [0.4, 0.5) is 0 Å². The standard InChI is InChI=1S/C14H19ClN2O2.ClH/c15-12-5-3-11(4-6-12)2-1-7-17-14(18)13-10-19-9-8-16-13;/h3-6,13,16H,1-2,7-10H2,(H,17,18);1H. The van der Waals surface area contributed by atoms with Gasteiger partial charge in [-0.05, 0) is 30.5 Å². The second kappa shape index (κ2) is 9.19. The van der Waals surface area contributed by atoms with Crippen LogP contribution in [0.1, 0.15) is 12.0 Å². The summed E-state index contributed by atoms with van der Waals surface area (Å²) in [5.41, 5.74) is 1.23. The van der Waals surface area contributed by atoms with E-state index in [-0.39, 0.29) is 24.4 Å². The Hall–Kier alpha value is -0.810. The zero-order valence-electron chi connectivity index (χ0n) is 11.2. The number of morpholine rings is 1. The zero-order valence-corrected chi connectivity index (χ0v) is 12.8. The Kier molecular flexibility index (Phi) is 7.92. The number of carbonyl (C=O) groups is 1. The number of ether oxygens (including phenoxy) is 1. The summed E-state index contributed by atoms with van der Waals surface area (Å²) in [7, 11) is 0. The number of hydrogen-bond donors (Lipinski definition) is 2.